The summed E-state index contributed by atoms with van der Waals surface area (Å²) in [5, 5.41) is 0. The first-order chi connectivity index (χ1) is 15.3. The number of hydrogen-bond donors (Lipinski definition) is 0. The van der Waals surface area contributed by atoms with E-state index in [0.29, 0.717) is 50.9 Å². The number of carbonyl (C=O) groups is 1. The molecule has 0 bridgehead atoms. The van der Waals surface area contributed by atoms with Crippen LogP contribution in [0.4, 0.5) is 4.39 Å². The maximum Gasteiger partial charge on any atom is 0.254 e. The second-order valence-electron chi connectivity index (χ2n) is 8.56. The van der Waals surface area contributed by atoms with Gasteiger partial charge < -0.3 is 9.64 Å². The van der Waals surface area contributed by atoms with Gasteiger partial charge in [-0.2, -0.15) is 4.31 Å². The molecule has 2 aliphatic rings. The zero-order valence-electron chi connectivity index (χ0n) is 18.3. The van der Waals surface area contributed by atoms with Crippen LogP contribution in [-0.2, 0) is 21.2 Å². The number of carbonyl (C=O) groups excluding carboxylic acids is 1. The number of piperidine rings is 1. The number of sulfonamides is 1. The molecule has 0 aliphatic carbocycles. The van der Waals surface area contributed by atoms with Crippen molar-refractivity contribution in [3.63, 3.8) is 0 Å². The van der Waals surface area contributed by atoms with Crippen LogP contribution in [0, 0.1) is 18.7 Å². The molecule has 6 nitrogen and oxygen atoms in total. The van der Waals surface area contributed by atoms with Crippen molar-refractivity contribution >= 4 is 15.9 Å². The smallest absolute Gasteiger partial charge is 0.254 e. The van der Waals surface area contributed by atoms with E-state index in [1.54, 1.807) is 29.2 Å². The van der Waals surface area contributed by atoms with Gasteiger partial charge in [-0.05, 0) is 67.5 Å². The highest BCUT2D eigenvalue weighted by Gasteiger charge is 2.29. The van der Waals surface area contributed by atoms with Gasteiger partial charge in [-0.15, -0.1) is 0 Å². The van der Waals surface area contributed by atoms with E-state index in [9.17, 15) is 17.6 Å². The number of ether oxygens (including phenoxy) is 1. The Morgan fingerprint density at radius 1 is 1.06 bits per heavy atom. The molecule has 2 aromatic rings. The second-order valence-corrected chi connectivity index (χ2v) is 10.5. The van der Waals surface area contributed by atoms with Crippen LogP contribution in [0.15, 0.2) is 47.4 Å². The van der Waals surface area contributed by atoms with Crippen LogP contribution in [0.1, 0.15) is 34.3 Å². The Bertz CT molecular complexity index is 1080. The number of halogens is 1. The summed E-state index contributed by atoms with van der Waals surface area (Å²) in [6.45, 7) is 4.44. The molecule has 0 spiro atoms. The molecule has 1 amide bonds. The standard InChI is InChI=1S/C24H29FN2O4S/c1-18-5-6-22(32(29,30)27-11-13-31-14-12-27)17-23(18)24(28)26-9-7-19(8-10-26)15-20-3-2-4-21(25)16-20/h2-6,16-17,19H,7-15H2,1H3. The van der Waals surface area contributed by atoms with Crippen molar-refractivity contribution in [2.45, 2.75) is 31.1 Å². The normalized spacial score (nSPS) is 18.6. The number of likely N-dealkylation sites (tertiary alicyclic amines) is 1. The average Bonchev–Trinajstić information content (AvgIpc) is 2.80. The van der Waals surface area contributed by atoms with Gasteiger partial charge in [0, 0.05) is 31.7 Å². The van der Waals surface area contributed by atoms with Gasteiger partial charge in [0.05, 0.1) is 18.1 Å². The van der Waals surface area contributed by atoms with Gasteiger partial charge in [0.1, 0.15) is 5.82 Å². The Morgan fingerprint density at radius 3 is 2.47 bits per heavy atom. The summed E-state index contributed by atoms with van der Waals surface area (Å²) in [7, 11) is -3.66. The minimum absolute atomic E-state index is 0.134. The van der Waals surface area contributed by atoms with Crippen LogP contribution in [0.5, 0.6) is 0 Å². The summed E-state index contributed by atoms with van der Waals surface area (Å²) in [5.41, 5.74) is 2.17. The van der Waals surface area contributed by atoms with E-state index in [4.69, 9.17) is 4.74 Å². The van der Waals surface area contributed by atoms with E-state index in [-0.39, 0.29) is 16.6 Å². The first-order valence-corrected chi connectivity index (χ1v) is 12.5. The molecule has 0 aromatic heterocycles. The molecule has 2 saturated heterocycles. The summed E-state index contributed by atoms with van der Waals surface area (Å²) in [5.74, 6) is 0.0400. The van der Waals surface area contributed by atoms with E-state index >= 15 is 0 Å². The molecule has 0 radical (unpaired) electrons. The largest absolute Gasteiger partial charge is 0.379 e. The second kappa shape index (κ2) is 9.68. The third kappa shape index (κ3) is 5.03. The van der Waals surface area contributed by atoms with Crippen molar-refractivity contribution < 1.29 is 22.3 Å². The quantitative estimate of drug-likeness (QED) is 0.687. The Hall–Kier alpha value is -2.29. The van der Waals surface area contributed by atoms with E-state index in [2.05, 4.69) is 0 Å². The Labute approximate surface area is 189 Å². The zero-order chi connectivity index (χ0) is 22.7. The summed E-state index contributed by atoms with van der Waals surface area (Å²) < 4.78 is 46.1. The van der Waals surface area contributed by atoms with Gasteiger partial charge in [-0.25, -0.2) is 12.8 Å². The highest BCUT2D eigenvalue weighted by molar-refractivity contribution is 7.89. The Kier molecular flexibility index (Phi) is 6.93. The molecular weight excluding hydrogens is 431 g/mol. The minimum Gasteiger partial charge on any atom is -0.379 e. The number of morpholine rings is 1. The lowest BCUT2D eigenvalue weighted by Gasteiger charge is -2.32. The van der Waals surface area contributed by atoms with Crippen molar-refractivity contribution in [1.82, 2.24) is 9.21 Å². The average molecular weight is 461 g/mol. The third-order valence-corrected chi connectivity index (χ3v) is 8.26. The predicted molar refractivity (Wildman–Crippen MR) is 119 cm³/mol. The maximum atomic E-state index is 13.4. The first-order valence-electron chi connectivity index (χ1n) is 11.1. The predicted octanol–water partition coefficient (Wildman–Crippen LogP) is 3.25. The summed E-state index contributed by atoms with van der Waals surface area (Å²) in [6, 6.07) is 11.5. The molecular formula is C24H29FN2O4S. The molecule has 4 rings (SSSR count). The summed E-state index contributed by atoms with van der Waals surface area (Å²) in [4.78, 5) is 15.2. The number of benzene rings is 2. The van der Waals surface area contributed by atoms with Gasteiger partial charge >= 0.3 is 0 Å². The molecule has 2 aromatic carbocycles. The van der Waals surface area contributed by atoms with Crippen molar-refractivity contribution in [3.05, 3.63) is 65.0 Å². The molecule has 0 unspecified atom stereocenters. The fourth-order valence-electron chi connectivity index (χ4n) is 4.44. The van der Waals surface area contributed by atoms with Gasteiger partial charge in [-0.3, -0.25) is 4.79 Å². The van der Waals surface area contributed by atoms with Crippen LogP contribution in [-0.4, -0.2) is 62.9 Å². The number of aryl methyl sites for hydroxylation is 1. The van der Waals surface area contributed by atoms with Crippen LogP contribution >= 0.6 is 0 Å². The van der Waals surface area contributed by atoms with E-state index in [0.717, 1.165) is 30.4 Å². The lowest BCUT2D eigenvalue weighted by molar-refractivity contribution is 0.0689. The highest BCUT2D eigenvalue weighted by Crippen LogP contribution is 2.26. The van der Waals surface area contributed by atoms with Crippen molar-refractivity contribution in [2.75, 3.05) is 39.4 Å². The lowest BCUT2D eigenvalue weighted by atomic mass is 9.90. The molecule has 2 fully saturated rings. The highest BCUT2D eigenvalue weighted by atomic mass is 32.2. The molecule has 0 saturated carbocycles. The Balaban J connectivity index is 1.44. The SMILES string of the molecule is Cc1ccc(S(=O)(=O)N2CCOCC2)cc1C(=O)N1CCC(Cc2cccc(F)c2)CC1. The number of nitrogens with zero attached hydrogens (tertiary/aromatic N) is 2. The van der Waals surface area contributed by atoms with Crippen LogP contribution < -0.4 is 0 Å². The van der Waals surface area contributed by atoms with Crippen LogP contribution in [0.25, 0.3) is 0 Å². The van der Waals surface area contributed by atoms with E-state index in [1.807, 2.05) is 13.0 Å². The van der Waals surface area contributed by atoms with E-state index in [1.165, 1.54) is 16.4 Å². The molecule has 8 heteroatoms. The molecule has 0 N–H and O–H groups in total. The summed E-state index contributed by atoms with van der Waals surface area (Å²) >= 11 is 0. The van der Waals surface area contributed by atoms with E-state index < -0.39 is 10.0 Å². The topological polar surface area (TPSA) is 66.9 Å². The van der Waals surface area contributed by atoms with Gasteiger partial charge in [0.2, 0.25) is 10.0 Å². The van der Waals surface area contributed by atoms with Crippen LogP contribution in [0.3, 0.4) is 0 Å². The van der Waals surface area contributed by atoms with Crippen molar-refractivity contribution in [3.8, 4) is 0 Å². The third-order valence-electron chi connectivity index (χ3n) is 6.36. The van der Waals surface area contributed by atoms with Gasteiger partial charge in [0.25, 0.3) is 5.91 Å². The van der Waals surface area contributed by atoms with Gasteiger partial charge in [0.15, 0.2) is 0 Å². The Morgan fingerprint density at radius 2 is 1.78 bits per heavy atom. The lowest BCUT2D eigenvalue weighted by Crippen LogP contribution is -2.41. The maximum absolute atomic E-state index is 13.4. The minimum atomic E-state index is -3.66. The van der Waals surface area contributed by atoms with Crippen LogP contribution in [0.2, 0.25) is 0 Å². The number of rotatable bonds is 5. The molecule has 172 valence electrons. The van der Waals surface area contributed by atoms with Crippen molar-refractivity contribution in [2.24, 2.45) is 5.92 Å². The van der Waals surface area contributed by atoms with Crippen molar-refractivity contribution in [1.29, 1.82) is 0 Å². The number of amides is 1. The fraction of sp³-hybridized carbons (Fsp3) is 0.458. The molecule has 2 aliphatic heterocycles. The molecule has 2 heterocycles. The molecule has 32 heavy (non-hydrogen) atoms. The first kappa shape index (κ1) is 22.9. The number of hydrogen-bond acceptors (Lipinski definition) is 4. The fourth-order valence-corrected chi connectivity index (χ4v) is 5.87. The van der Waals surface area contributed by atoms with Gasteiger partial charge in [-0.1, -0.05) is 18.2 Å². The summed E-state index contributed by atoms with van der Waals surface area (Å²) in [6.07, 6.45) is 2.48. The zero-order valence-corrected chi connectivity index (χ0v) is 19.1. The molecule has 0 atom stereocenters. The monoisotopic (exact) mass is 460 g/mol.